The predicted molar refractivity (Wildman–Crippen MR) is 83.2 cm³/mol. The molecule has 0 spiro atoms. The number of rotatable bonds is 9. The first-order valence-electron chi connectivity index (χ1n) is 7.56. The van der Waals surface area contributed by atoms with Gasteiger partial charge in [0.2, 0.25) is 0 Å². The maximum atomic E-state index is 5.92. The molecule has 1 aromatic carbocycles. The van der Waals surface area contributed by atoms with Crippen molar-refractivity contribution in [3.63, 3.8) is 0 Å². The Morgan fingerprint density at radius 2 is 1.58 bits per heavy atom. The normalized spacial score (nSPS) is 10.7. The SMILES string of the molecule is CCCCNCCCCOc1c(C)cc(C)cc1C. The Morgan fingerprint density at radius 1 is 0.947 bits per heavy atom. The van der Waals surface area contributed by atoms with Gasteiger partial charge in [-0.05, 0) is 64.3 Å². The number of hydrogen-bond acceptors (Lipinski definition) is 2. The maximum Gasteiger partial charge on any atom is 0.125 e. The minimum atomic E-state index is 0.820. The van der Waals surface area contributed by atoms with Crippen molar-refractivity contribution >= 4 is 0 Å². The van der Waals surface area contributed by atoms with Crippen LogP contribution in [0, 0.1) is 20.8 Å². The van der Waals surface area contributed by atoms with E-state index in [-0.39, 0.29) is 0 Å². The van der Waals surface area contributed by atoms with Crippen molar-refractivity contribution in [3.05, 3.63) is 28.8 Å². The summed E-state index contributed by atoms with van der Waals surface area (Å²) in [5.74, 6) is 1.07. The summed E-state index contributed by atoms with van der Waals surface area (Å²) < 4.78 is 5.92. The quantitative estimate of drug-likeness (QED) is 0.675. The largest absolute Gasteiger partial charge is 0.493 e. The van der Waals surface area contributed by atoms with E-state index in [9.17, 15) is 0 Å². The average molecular weight is 263 g/mol. The van der Waals surface area contributed by atoms with Crippen LogP contribution in [0.1, 0.15) is 49.3 Å². The molecule has 0 heterocycles. The number of benzene rings is 1. The van der Waals surface area contributed by atoms with Crippen molar-refractivity contribution in [3.8, 4) is 5.75 Å². The van der Waals surface area contributed by atoms with E-state index in [0.717, 1.165) is 31.9 Å². The van der Waals surface area contributed by atoms with Gasteiger partial charge >= 0.3 is 0 Å². The highest BCUT2D eigenvalue weighted by Gasteiger charge is 2.04. The third kappa shape index (κ3) is 6.11. The van der Waals surface area contributed by atoms with E-state index >= 15 is 0 Å². The molecule has 0 aromatic heterocycles. The van der Waals surface area contributed by atoms with Gasteiger partial charge in [-0.1, -0.05) is 31.0 Å². The van der Waals surface area contributed by atoms with Crippen LogP contribution >= 0.6 is 0 Å². The highest BCUT2D eigenvalue weighted by atomic mass is 16.5. The highest BCUT2D eigenvalue weighted by Crippen LogP contribution is 2.24. The number of unbranched alkanes of at least 4 members (excludes halogenated alkanes) is 2. The molecule has 1 rings (SSSR count). The van der Waals surface area contributed by atoms with Gasteiger partial charge in [-0.2, -0.15) is 0 Å². The predicted octanol–water partition coefficient (Wildman–Crippen LogP) is 4.16. The first-order chi connectivity index (χ1) is 9.15. The molecule has 0 aliphatic carbocycles. The summed E-state index contributed by atoms with van der Waals surface area (Å²) in [6.07, 6.45) is 4.85. The summed E-state index contributed by atoms with van der Waals surface area (Å²) in [4.78, 5) is 0. The molecule has 0 aliphatic heterocycles. The standard InChI is InChI=1S/C17H29NO/c1-5-6-9-18-10-7-8-11-19-17-15(3)12-14(2)13-16(17)4/h12-13,18H,5-11H2,1-4H3. The molecule has 0 bridgehead atoms. The van der Waals surface area contributed by atoms with Crippen molar-refractivity contribution in [2.45, 2.75) is 53.4 Å². The second-order valence-electron chi connectivity index (χ2n) is 5.39. The molecule has 19 heavy (non-hydrogen) atoms. The molecule has 0 atom stereocenters. The molecule has 0 saturated carbocycles. The Labute approximate surface area is 118 Å². The van der Waals surface area contributed by atoms with Crippen molar-refractivity contribution in [1.82, 2.24) is 5.32 Å². The van der Waals surface area contributed by atoms with Gasteiger partial charge < -0.3 is 10.1 Å². The lowest BCUT2D eigenvalue weighted by Crippen LogP contribution is -2.17. The van der Waals surface area contributed by atoms with Gasteiger partial charge in [-0.3, -0.25) is 0 Å². The zero-order valence-corrected chi connectivity index (χ0v) is 13.0. The Morgan fingerprint density at radius 3 is 2.21 bits per heavy atom. The first-order valence-corrected chi connectivity index (χ1v) is 7.56. The summed E-state index contributed by atoms with van der Waals surface area (Å²) >= 11 is 0. The van der Waals surface area contributed by atoms with Crippen molar-refractivity contribution < 1.29 is 4.74 Å². The molecule has 108 valence electrons. The van der Waals surface area contributed by atoms with Gasteiger partial charge in [0, 0.05) is 0 Å². The summed E-state index contributed by atoms with van der Waals surface area (Å²) in [6.45, 7) is 11.7. The van der Waals surface area contributed by atoms with Crippen LogP contribution in [0.25, 0.3) is 0 Å². The third-order valence-electron chi connectivity index (χ3n) is 3.31. The van der Waals surface area contributed by atoms with E-state index in [1.165, 1.54) is 36.0 Å². The molecule has 1 N–H and O–H groups in total. The molecule has 2 heteroatoms. The lowest BCUT2D eigenvalue weighted by atomic mass is 10.1. The van der Waals surface area contributed by atoms with Gasteiger partial charge in [-0.15, -0.1) is 0 Å². The maximum absolute atomic E-state index is 5.92. The van der Waals surface area contributed by atoms with Crippen LogP contribution in [0.4, 0.5) is 0 Å². The number of hydrogen-bond donors (Lipinski definition) is 1. The third-order valence-corrected chi connectivity index (χ3v) is 3.31. The van der Waals surface area contributed by atoms with E-state index in [1.807, 2.05) is 0 Å². The van der Waals surface area contributed by atoms with E-state index < -0.39 is 0 Å². The van der Waals surface area contributed by atoms with Gasteiger partial charge in [0.05, 0.1) is 6.61 Å². The molecule has 1 aromatic rings. The molecule has 2 nitrogen and oxygen atoms in total. The number of ether oxygens (including phenoxy) is 1. The minimum Gasteiger partial charge on any atom is -0.493 e. The van der Waals surface area contributed by atoms with Crippen LogP contribution in [0.5, 0.6) is 5.75 Å². The zero-order chi connectivity index (χ0) is 14.1. The van der Waals surface area contributed by atoms with Gasteiger partial charge in [0.1, 0.15) is 5.75 Å². The van der Waals surface area contributed by atoms with E-state index in [2.05, 4.69) is 45.1 Å². The molecule has 0 aliphatic rings. The summed E-state index contributed by atoms with van der Waals surface area (Å²) in [6, 6.07) is 4.38. The Balaban J connectivity index is 2.19. The number of aryl methyl sites for hydroxylation is 3. The van der Waals surface area contributed by atoms with Crippen molar-refractivity contribution in [2.75, 3.05) is 19.7 Å². The second-order valence-corrected chi connectivity index (χ2v) is 5.39. The van der Waals surface area contributed by atoms with E-state index in [0.29, 0.717) is 0 Å². The molecule has 0 unspecified atom stereocenters. The van der Waals surface area contributed by atoms with Crippen LogP contribution < -0.4 is 10.1 Å². The summed E-state index contributed by atoms with van der Waals surface area (Å²) in [5.41, 5.74) is 3.81. The Bertz CT molecular complexity index is 351. The fraction of sp³-hybridized carbons (Fsp3) is 0.647. The van der Waals surface area contributed by atoms with Crippen molar-refractivity contribution in [1.29, 1.82) is 0 Å². The second kappa shape index (κ2) is 8.98. The Hall–Kier alpha value is -1.02. The minimum absolute atomic E-state index is 0.820. The van der Waals surface area contributed by atoms with E-state index in [1.54, 1.807) is 0 Å². The molecule has 0 amide bonds. The van der Waals surface area contributed by atoms with Crippen LogP contribution in [0.15, 0.2) is 12.1 Å². The van der Waals surface area contributed by atoms with Gasteiger partial charge in [0.15, 0.2) is 0 Å². The van der Waals surface area contributed by atoms with Gasteiger partial charge in [0.25, 0.3) is 0 Å². The summed E-state index contributed by atoms with van der Waals surface area (Å²) in [7, 11) is 0. The molecular weight excluding hydrogens is 234 g/mol. The van der Waals surface area contributed by atoms with Gasteiger partial charge in [-0.25, -0.2) is 0 Å². The molecule has 0 saturated heterocycles. The first kappa shape index (κ1) is 16.0. The zero-order valence-electron chi connectivity index (χ0n) is 13.0. The molecule has 0 radical (unpaired) electrons. The van der Waals surface area contributed by atoms with Crippen LogP contribution in [0.2, 0.25) is 0 Å². The Kier molecular flexibility index (Phi) is 7.57. The number of nitrogens with one attached hydrogen (secondary N) is 1. The molecule has 0 fully saturated rings. The lowest BCUT2D eigenvalue weighted by molar-refractivity contribution is 0.302. The van der Waals surface area contributed by atoms with E-state index in [4.69, 9.17) is 4.74 Å². The van der Waals surface area contributed by atoms with Crippen LogP contribution in [0.3, 0.4) is 0 Å². The highest BCUT2D eigenvalue weighted by molar-refractivity contribution is 5.42. The smallest absolute Gasteiger partial charge is 0.125 e. The molecular formula is C17H29NO. The summed E-state index contributed by atoms with van der Waals surface area (Å²) in [5, 5.41) is 3.46. The average Bonchev–Trinajstić information content (AvgIpc) is 2.35. The topological polar surface area (TPSA) is 21.3 Å². The fourth-order valence-corrected chi connectivity index (χ4v) is 2.35. The van der Waals surface area contributed by atoms with Crippen LogP contribution in [-0.4, -0.2) is 19.7 Å². The van der Waals surface area contributed by atoms with Crippen LogP contribution in [-0.2, 0) is 0 Å². The fourth-order valence-electron chi connectivity index (χ4n) is 2.35. The monoisotopic (exact) mass is 263 g/mol. The lowest BCUT2D eigenvalue weighted by Gasteiger charge is -2.13. The van der Waals surface area contributed by atoms with Crippen molar-refractivity contribution in [2.24, 2.45) is 0 Å².